The molecule has 3 rings (SSSR count). The lowest BCUT2D eigenvalue weighted by molar-refractivity contribution is 0.565. The zero-order chi connectivity index (χ0) is 13.4. The van der Waals surface area contributed by atoms with Crippen LogP contribution in [0.2, 0.25) is 0 Å². The molecule has 0 aliphatic heterocycles. The number of halogens is 2. The smallest absolute Gasteiger partial charge is 0.162 e. The van der Waals surface area contributed by atoms with E-state index < -0.39 is 11.6 Å². The number of aryl methyl sites for hydroxylation is 1. The minimum Gasteiger partial charge on any atom is -0.250 e. The van der Waals surface area contributed by atoms with Gasteiger partial charge in [0.05, 0.1) is 11.6 Å². The van der Waals surface area contributed by atoms with E-state index in [0.29, 0.717) is 15.6 Å². The van der Waals surface area contributed by atoms with Gasteiger partial charge in [-0.1, -0.05) is 11.8 Å². The van der Waals surface area contributed by atoms with Gasteiger partial charge < -0.3 is 0 Å². The molecule has 2 aromatic heterocycles. The lowest BCUT2D eigenvalue weighted by atomic mass is 10.3. The number of rotatable bonds is 2. The number of hydrogen-bond donors (Lipinski definition) is 0. The average molecular weight is 278 g/mol. The summed E-state index contributed by atoms with van der Waals surface area (Å²) in [6.07, 6.45) is 3.02. The molecule has 0 radical (unpaired) electrons. The van der Waals surface area contributed by atoms with Gasteiger partial charge in [0.1, 0.15) is 23.0 Å². The normalized spacial score (nSPS) is 11.1. The van der Waals surface area contributed by atoms with Crippen molar-refractivity contribution in [1.82, 2.24) is 19.7 Å². The van der Waals surface area contributed by atoms with Crippen molar-refractivity contribution in [2.24, 2.45) is 7.05 Å². The molecular formula is C12H8F2N4S. The van der Waals surface area contributed by atoms with Crippen molar-refractivity contribution < 1.29 is 8.78 Å². The molecule has 3 aromatic rings. The molecule has 96 valence electrons. The third kappa shape index (κ3) is 2.17. The lowest BCUT2D eigenvalue weighted by Gasteiger charge is -2.03. The van der Waals surface area contributed by atoms with Crippen LogP contribution in [0, 0.1) is 11.6 Å². The van der Waals surface area contributed by atoms with Crippen molar-refractivity contribution in [3.63, 3.8) is 0 Å². The summed E-state index contributed by atoms with van der Waals surface area (Å²) >= 11 is 1.12. The molecule has 7 heteroatoms. The van der Waals surface area contributed by atoms with Crippen LogP contribution in [0.5, 0.6) is 0 Å². The Bertz CT molecular complexity index is 757. The maximum absolute atomic E-state index is 13.6. The molecule has 0 atom stereocenters. The first-order valence-electron chi connectivity index (χ1n) is 5.41. The second kappa shape index (κ2) is 4.58. The third-order valence-corrected chi connectivity index (χ3v) is 3.66. The molecule has 0 saturated carbocycles. The quantitative estimate of drug-likeness (QED) is 0.676. The highest BCUT2D eigenvalue weighted by atomic mass is 32.2. The molecule has 0 saturated heterocycles. The van der Waals surface area contributed by atoms with Crippen LogP contribution in [0.25, 0.3) is 11.0 Å². The van der Waals surface area contributed by atoms with Gasteiger partial charge in [-0.15, -0.1) is 0 Å². The van der Waals surface area contributed by atoms with E-state index in [9.17, 15) is 8.78 Å². The highest BCUT2D eigenvalue weighted by Crippen LogP contribution is 2.32. The summed E-state index contributed by atoms with van der Waals surface area (Å²) in [5, 5.41) is 5.40. The lowest BCUT2D eigenvalue weighted by Crippen LogP contribution is -1.93. The van der Waals surface area contributed by atoms with Crippen LogP contribution in [0.4, 0.5) is 8.78 Å². The fourth-order valence-corrected chi connectivity index (χ4v) is 2.54. The fraction of sp³-hybridized carbons (Fsp3) is 0.0833. The Hall–Kier alpha value is -2.02. The van der Waals surface area contributed by atoms with Crippen LogP contribution in [-0.2, 0) is 7.05 Å². The largest absolute Gasteiger partial charge is 0.250 e. The predicted molar refractivity (Wildman–Crippen MR) is 66.8 cm³/mol. The van der Waals surface area contributed by atoms with Crippen LogP contribution < -0.4 is 0 Å². The van der Waals surface area contributed by atoms with Crippen LogP contribution in [0.15, 0.2) is 40.6 Å². The molecule has 0 amide bonds. The summed E-state index contributed by atoms with van der Waals surface area (Å²) in [6.45, 7) is 0. The number of nitrogens with zero attached hydrogens (tertiary/aromatic N) is 4. The standard InChI is InChI=1S/C12H8F2N4S/c1-18-11-8(5-17-18)12(16-6-15-11)19-10-3-2-7(13)4-9(10)14/h2-6H,1H3. The monoisotopic (exact) mass is 278 g/mol. The summed E-state index contributed by atoms with van der Waals surface area (Å²) in [5.41, 5.74) is 0.667. The molecule has 0 fully saturated rings. The predicted octanol–water partition coefficient (Wildman–Crippen LogP) is 2.79. The van der Waals surface area contributed by atoms with Crippen LogP contribution in [0.1, 0.15) is 0 Å². The Kier molecular flexibility index (Phi) is 2.90. The van der Waals surface area contributed by atoms with Gasteiger partial charge in [0.25, 0.3) is 0 Å². The van der Waals surface area contributed by atoms with Crippen molar-refractivity contribution in [1.29, 1.82) is 0 Å². The molecule has 0 N–H and O–H groups in total. The minimum atomic E-state index is -0.611. The maximum Gasteiger partial charge on any atom is 0.162 e. The molecule has 0 aliphatic rings. The molecule has 4 nitrogen and oxygen atoms in total. The van der Waals surface area contributed by atoms with E-state index in [1.807, 2.05) is 0 Å². The third-order valence-electron chi connectivity index (χ3n) is 2.59. The second-order valence-electron chi connectivity index (χ2n) is 3.86. The van der Waals surface area contributed by atoms with Crippen molar-refractivity contribution in [3.8, 4) is 0 Å². The van der Waals surface area contributed by atoms with Gasteiger partial charge in [-0.05, 0) is 12.1 Å². The number of aromatic nitrogens is 4. The van der Waals surface area contributed by atoms with E-state index in [1.54, 1.807) is 17.9 Å². The van der Waals surface area contributed by atoms with Crippen molar-refractivity contribution in [2.75, 3.05) is 0 Å². The average Bonchev–Trinajstić information content (AvgIpc) is 2.76. The van der Waals surface area contributed by atoms with Crippen molar-refractivity contribution in [2.45, 2.75) is 9.92 Å². The van der Waals surface area contributed by atoms with E-state index in [1.165, 1.54) is 18.5 Å². The molecule has 0 aliphatic carbocycles. The van der Waals surface area contributed by atoms with Gasteiger partial charge in [0.15, 0.2) is 5.65 Å². The molecular weight excluding hydrogens is 270 g/mol. The summed E-state index contributed by atoms with van der Waals surface area (Å²) in [6, 6.07) is 3.46. The van der Waals surface area contributed by atoms with E-state index in [2.05, 4.69) is 15.1 Å². The Balaban J connectivity index is 2.06. The van der Waals surface area contributed by atoms with Gasteiger partial charge >= 0.3 is 0 Å². The molecule has 0 bridgehead atoms. The molecule has 0 unspecified atom stereocenters. The Labute approximate surface area is 111 Å². The summed E-state index contributed by atoms with van der Waals surface area (Å²) < 4.78 is 28.1. The number of hydrogen-bond acceptors (Lipinski definition) is 4. The van der Waals surface area contributed by atoms with Crippen LogP contribution in [-0.4, -0.2) is 19.7 Å². The minimum absolute atomic E-state index is 0.310. The second-order valence-corrected chi connectivity index (χ2v) is 4.89. The van der Waals surface area contributed by atoms with Crippen molar-refractivity contribution in [3.05, 3.63) is 42.4 Å². The first-order valence-corrected chi connectivity index (χ1v) is 6.22. The Morgan fingerprint density at radius 1 is 1.21 bits per heavy atom. The van der Waals surface area contributed by atoms with Gasteiger partial charge in [-0.25, -0.2) is 18.7 Å². The van der Waals surface area contributed by atoms with Gasteiger partial charge in [0, 0.05) is 18.0 Å². The Morgan fingerprint density at radius 2 is 2.05 bits per heavy atom. The number of fused-ring (bicyclic) bond motifs is 1. The highest BCUT2D eigenvalue weighted by molar-refractivity contribution is 7.99. The SMILES string of the molecule is Cn1ncc2c(Sc3ccc(F)cc3F)ncnc21. The zero-order valence-corrected chi connectivity index (χ0v) is 10.7. The van der Waals surface area contributed by atoms with Crippen LogP contribution in [0.3, 0.4) is 0 Å². The molecule has 0 spiro atoms. The van der Waals surface area contributed by atoms with Crippen LogP contribution >= 0.6 is 11.8 Å². The maximum atomic E-state index is 13.6. The van der Waals surface area contributed by atoms with Gasteiger partial charge in [-0.3, -0.25) is 4.68 Å². The molecule has 1 aromatic carbocycles. The van der Waals surface area contributed by atoms with Gasteiger partial charge in [-0.2, -0.15) is 5.10 Å². The van der Waals surface area contributed by atoms with E-state index in [4.69, 9.17) is 0 Å². The zero-order valence-electron chi connectivity index (χ0n) is 9.84. The van der Waals surface area contributed by atoms with E-state index in [0.717, 1.165) is 23.2 Å². The van der Waals surface area contributed by atoms with E-state index >= 15 is 0 Å². The first-order chi connectivity index (χ1) is 9.15. The first kappa shape index (κ1) is 12.0. The number of benzene rings is 1. The molecule has 2 heterocycles. The summed E-state index contributed by atoms with van der Waals surface area (Å²) in [5.74, 6) is -1.21. The highest BCUT2D eigenvalue weighted by Gasteiger charge is 2.12. The van der Waals surface area contributed by atoms with Gasteiger partial charge in [0.2, 0.25) is 0 Å². The topological polar surface area (TPSA) is 43.6 Å². The summed E-state index contributed by atoms with van der Waals surface area (Å²) in [4.78, 5) is 8.53. The van der Waals surface area contributed by atoms with E-state index in [-0.39, 0.29) is 0 Å². The summed E-state index contributed by atoms with van der Waals surface area (Å²) in [7, 11) is 1.77. The molecule has 19 heavy (non-hydrogen) atoms. The fourth-order valence-electron chi connectivity index (χ4n) is 1.68. The Morgan fingerprint density at radius 3 is 2.84 bits per heavy atom. The van der Waals surface area contributed by atoms with Crippen molar-refractivity contribution >= 4 is 22.8 Å².